The summed E-state index contributed by atoms with van der Waals surface area (Å²) in [4.78, 5) is 0.216. The van der Waals surface area contributed by atoms with Gasteiger partial charge in [0.25, 0.3) is 0 Å². The number of methoxy groups -OCH3 is 1. The van der Waals surface area contributed by atoms with Gasteiger partial charge in [0.1, 0.15) is 5.75 Å². The number of ether oxygens (including phenoxy) is 1. The highest BCUT2D eigenvalue weighted by molar-refractivity contribution is 7.89. The van der Waals surface area contributed by atoms with E-state index in [0.29, 0.717) is 5.75 Å². The minimum Gasteiger partial charge on any atom is -0.497 e. The van der Waals surface area contributed by atoms with Crippen molar-refractivity contribution in [1.82, 2.24) is 4.72 Å². The molecule has 0 bridgehead atoms. The van der Waals surface area contributed by atoms with Crippen LogP contribution in [0.1, 0.15) is 32.1 Å². The Morgan fingerprint density at radius 2 is 2.00 bits per heavy atom. The first-order chi connectivity index (χ1) is 9.53. The summed E-state index contributed by atoms with van der Waals surface area (Å²) in [5, 5.41) is 0. The molecule has 1 fully saturated rings. The van der Waals surface area contributed by atoms with Gasteiger partial charge in [0, 0.05) is 18.2 Å². The maximum Gasteiger partial charge on any atom is 0.241 e. The van der Waals surface area contributed by atoms with Gasteiger partial charge in [-0.15, -0.1) is 0 Å². The first kappa shape index (κ1) is 15.3. The second-order valence-electron chi connectivity index (χ2n) is 5.21. The molecule has 0 heterocycles. The topological polar surface area (TPSA) is 81.4 Å². The molecule has 5 nitrogen and oxygen atoms in total. The Kier molecular flexibility index (Phi) is 5.01. The zero-order valence-electron chi connectivity index (χ0n) is 11.7. The molecule has 1 aliphatic rings. The predicted octanol–water partition coefficient (Wildman–Crippen LogP) is 1.63. The van der Waals surface area contributed by atoms with Gasteiger partial charge < -0.3 is 10.5 Å². The molecule has 1 saturated carbocycles. The van der Waals surface area contributed by atoms with E-state index in [1.807, 2.05) is 0 Å². The molecule has 1 aromatic rings. The van der Waals surface area contributed by atoms with Crippen molar-refractivity contribution in [3.63, 3.8) is 0 Å². The highest BCUT2D eigenvalue weighted by Gasteiger charge is 2.26. The molecule has 0 aromatic heterocycles. The maximum atomic E-state index is 12.4. The molecule has 0 amide bonds. The average molecular weight is 298 g/mol. The monoisotopic (exact) mass is 298 g/mol. The Balaban J connectivity index is 2.17. The fourth-order valence-electron chi connectivity index (χ4n) is 2.52. The van der Waals surface area contributed by atoms with Crippen LogP contribution in [-0.4, -0.2) is 27.6 Å². The van der Waals surface area contributed by atoms with E-state index in [0.717, 1.165) is 32.1 Å². The third-order valence-electron chi connectivity index (χ3n) is 3.73. The number of nitrogens with one attached hydrogen (secondary N) is 1. The van der Waals surface area contributed by atoms with Crippen LogP contribution in [0.2, 0.25) is 0 Å². The third kappa shape index (κ3) is 3.71. The van der Waals surface area contributed by atoms with Crippen LogP contribution in [-0.2, 0) is 10.0 Å². The van der Waals surface area contributed by atoms with Crippen LogP contribution < -0.4 is 15.2 Å². The summed E-state index contributed by atoms with van der Waals surface area (Å²) in [6.07, 6.45) is 4.86. The van der Waals surface area contributed by atoms with Crippen LogP contribution in [0, 0.1) is 0 Å². The van der Waals surface area contributed by atoms with Crippen molar-refractivity contribution >= 4 is 10.0 Å². The minimum atomic E-state index is -3.55. The van der Waals surface area contributed by atoms with E-state index in [2.05, 4.69) is 4.72 Å². The van der Waals surface area contributed by atoms with Crippen LogP contribution in [0.3, 0.4) is 0 Å². The standard InChI is InChI=1S/C14H22N2O3S/c1-19-11-6-5-7-12(10-11)20(17,18)16-14-9-4-2-3-8-13(14)15/h5-7,10,13-14,16H,2-4,8-9,15H2,1H3. The Morgan fingerprint density at radius 3 is 2.75 bits per heavy atom. The zero-order valence-corrected chi connectivity index (χ0v) is 12.5. The summed E-state index contributed by atoms with van der Waals surface area (Å²) in [5.41, 5.74) is 6.07. The molecule has 20 heavy (non-hydrogen) atoms. The van der Waals surface area contributed by atoms with Crippen molar-refractivity contribution in [3.8, 4) is 5.75 Å². The van der Waals surface area contributed by atoms with Gasteiger partial charge in [-0.2, -0.15) is 0 Å². The maximum absolute atomic E-state index is 12.4. The van der Waals surface area contributed by atoms with Crippen LogP contribution in [0.15, 0.2) is 29.2 Å². The van der Waals surface area contributed by atoms with Crippen molar-refractivity contribution in [1.29, 1.82) is 0 Å². The number of hydrogen-bond donors (Lipinski definition) is 2. The SMILES string of the molecule is COc1cccc(S(=O)(=O)NC2CCCCCC2N)c1. The highest BCUT2D eigenvalue weighted by atomic mass is 32.2. The third-order valence-corrected chi connectivity index (χ3v) is 5.22. The van der Waals surface area contributed by atoms with Crippen molar-refractivity contribution in [3.05, 3.63) is 24.3 Å². The smallest absolute Gasteiger partial charge is 0.241 e. The fraction of sp³-hybridized carbons (Fsp3) is 0.571. The van der Waals surface area contributed by atoms with Crippen LogP contribution in [0.4, 0.5) is 0 Å². The first-order valence-electron chi connectivity index (χ1n) is 6.95. The quantitative estimate of drug-likeness (QED) is 0.828. The van der Waals surface area contributed by atoms with Crippen LogP contribution in [0.5, 0.6) is 5.75 Å². The predicted molar refractivity (Wildman–Crippen MR) is 78.2 cm³/mol. The molecule has 0 spiro atoms. The zero-order chi connectivity index (χ0) is 14.6. The van der Waals surface area contributed by atoms with E-state index in [1.165, 1.54) is 13.2 Å². The highest BCUT2D eigenvalue weighted by Crippen LogP contribution is 2.21. The molecule has 0 aliphatic heterocycles. The van der Waals surface area contributed by atoms with E-state index < -0.39 is 10.0 Å². The van der Waals surface area contributed by atoms with E-state index in [1.54, 1.807) is 18.2 Å². The summed E-state index contributed by atoms with van der Waals surface area (Å²) < 4.78 is 32.6. The largest absolute Gasteiger partial charge is 0.497 e. The molecule has 2 atom stereocenters. The number of nitrogens with two attached hydrogens (primary N) is 1. The van der Waals surface area contributed by atoms with E-state index in [-0.39, 0.29) is 17.0 Å². The lowest BCUT2D eigenvalue weighted by molar-refractivity contribution is 0.413. The molecule has 1 aromatic carbocycles. The summed E-state index contributed by atoms with van der Waals surface area (Å²) >= 11 is 0. The molecule has 0 radical (unpaired) electrons. The lowest BCUT2D eigenvalue weighted by Gasteiger charge is -2.22. The molecule has 112 valence electrons. The number of benzene rings is 1. The van der Waals surface area contributed by atoms with Gasteiger partial charge >= 0.3 is 0 Å². The number of sulfonamides is 1. The lowest BCUT2D eigenvalue weighted by atomic mass is 10.1. The molecule has 6 heteroatoms. The van der Waals surface area contributed by atoms with Gasteiger partial charge in [-0.3, -0.25) is 0 Å². The number of hydrogen-bond acceptors (Lipinski definition) is 4. The Hall–Kier alpha value is -1.11. The second kappa shape index (κ2) is 6.56. The van der Waals surface area contributed by atoms with Crippen LogP contribution >= 0.6 is 0 Å². The molecule has 2 rings (SSSR count). The summed E-state index contributed by atoms with van der Waals surface area (Å²) in [7, 11) is -2.04. The fourth-order valence-corrected chi connectivity index (χ4v) is 3.87. The Morgan fingerprint density at radius 1 is 1.25 bits per heavy atom. The van der Waals surface area contributed by atoms with Gasteiger partial charge in [0.15, 0.2) is 0 Å². The normalized spacial score (nSPS) is 24.1. The molecule has 3 N–H and O–H groups in total. The molecule has 2 unspecified atom stereocenters. The minimum absolute atomic E-state index is 0.113. The summed E-state index contributed by atoms with van der Waals surface area (Å²) in [6.45, 7) is 0. The summed E-state index contributed by atoms with van der Waals surface area (Å²) in [5.74, 6) is 0.526. The molecule has 1 aliphatic carbocycles. The van der Waals surface area contributed by atoms with Crippen LogP contribution in [0.25, 0.3) is 0 Å². The van der Waals surface area contributed by atoms with Gasteiger partial charge in [-0.25, -0.2) is 13.1 Å². The molecule has 0 saturated heterocycles. The molecular formula is C14H22N2O3S. The van der Waals surface area contributed by atoms with Gasteiger partial charge in [-0.05, 0) is 25.0 Å². The van der Waals surface area contributed by atoms with Gasteiger partial charge in [-0.1, -0.05) is 25.3 Å². The number of rotatable bonds is 4. The van der Waals surface area contributed by atoms with E-state index >= 15 is 0 Å². The average Bonchev–Trinajstić information content (AvgIpc) is 2.64. The van der Waals surface area contributed by atoms with Gasteiger partial charge in [0.05, 0.1) is 12.0 Å². The van der Waals surface area contributed by atoms with Crippen molar-refractivity contribution in [2.45, 2.75) is 49.1 Å². The second-order valence-corrected chi connectivity index (χ2v) is 6.92. The Bertz CT molecular complexity index is 545. The van der Waals surface area contributed by atoms with Crippen molar-refractivity contribution in [2.24, 2.45) is 5.73 Å². The van der Waals surface area contributed by atoms with Crippen molar-refractivity contribution in [2.75, 3.05) is 7.11 Å². The Labute approximate surface area is 120 Å². The van der Waals surface area contributed by atoms with E-state index in [9.17, 15) is 8.42 Å². The first-order valence-corrected chi connectivity index (χ1v) is 8.43. The van der Waals surface area contributed by atoms with Crippen molar-refractivity contribution < 1.29 is 13.2 Å². The van der Waals surface area contributed by atoms with E-state index in [4.69, 9.17) is 10.5 Å². The summed E-state index contributed by atoms with van der Waals surface area (Å²) in [6, 6.07) is 6.17. The lowest BCUT2D eigenvalue weighted by Crippen LogP contribution is -2.46. The van der Waals surface area contributed by atoms with Gasteiger partial charge in [0.2, 0.25) is 10.0 Å². The molecular weight excluding hydrogens is 276 g/mol.